The van der Waals surface area contributed by atoms with Gasteiger partial charge >= 0.3 is 5.97 Å². The molecule has 4 atom stereocenters. The van der Waals surface area contributed by atoms with E-state index in [1.54, 1.807) is 0 Å². The molecule has 2 fully saturated rings. The van der Waals surface area contributed by atoms with Gasteiger partial charge in [0.15, 0.2) is 0 Å². The number of aliphatic carboxylic acids is 1. The van der Waals surface area contributed by atoms with Crippen molar-refractivity contribution in [1.29, 1.82) is 0 Å². The third kappa shape index (κ3) is 2.52. The van der Waals surface area contributed by atoms with Crippen molar-refractivity contribution < 1.29 is 14.7 Å². The summed E-state index contributed by atoms with van der Waals surface area (Å²) in [5, 5.41) is 9.25. The molecule has 1 saturated carbocycles. The highest BCUT2D eigenvalue weighted by Gasteiger charge is 2.40. The zero-order valence-electron chi connectivity index (χ0n) is 11.3. The van der Waals surface area contributed by atoms with Crippen LogP contribution in [-0.2, 0) is 9.59 Å². The minimum atomic E-state index is -0.798. The first-order valence-electron chi connectivity index (χ1n) is 7.04. The zero-order valence-corrected chi connectivity index (χ0v) is 11.3. The Bertz CT molecular complexity index is 342. The topological polar surface area (TPSA) is 57.6 Å². The lowest BCUT2D eigenvalue weighted by Gasteiger charge is -2.32. The van der Waals surface area contributed by atoms with Crippen LogP contribution in [-0.4, -0.2) is 34.5 Å². The van der Waals surface area contributed by atoms with Gasteiger partial charge in [-0.15, -0.1) is 0 Å². The third-order valence-electron chi connectivity index (χ3n) is 4.47. The molecular formula is C14H23NO3. The highest BCUT2D eigenvalue weighted by Crippen LogP contribution is 2.34. The van der Waals surface area contributed by atoms with Crippen molar-refractivity contribution in [2.75, 3.05) is 6.54 Å². The Morgan fingerprint density at radius 2 is 1.72 bits per heavy atom. The summed E-state index contributed by atoms with van der Waals surface area (Å²) in [5.41, 5.74) is 0. The molecule has 1 heterocycles. The van der Waals surface area contributed by atoms with Crippen LogP contribution in [0.1, 0.15) is 46.0 Å². The summed E-state index contributed by atoms with van der Waals surface area (Å²) in [6.45, 7) is 5.02. The monoisotopic (exact) mass is 253 g/mol. The molecule has 1 saturated heterocycles. The maximum atomic E-state index is 12.5. The Labute approximate surface area is 108 Å². The van der Waals surface area contributed by atoms with E-state index in [0.717, 1.165) is 32.2 Å². The van der Waals surface area contributed by atoms with Crippen LogP contribution >= 0.6 is 0 Å². The summed E-state index contributed by atoms with van der Waals surface area (Å²) in [4.78, 5) is 25.7. The number of likely N-dealkylation sites (tertiary alicyclic amines) is 1. The van der Waals surface area contributed by atoms with Gasteiger partial charge in [0.05, 0.1) is 11.8 Å². The number of amides is 1. The fourth-order valence-electron chi connectivity index (χ4n) is 3.54. The average molecular weight is 253 g/mol. The normalized spacial score (nSPS) is 36.7. The molecular weight excluding hydrogens is 230 g/mol. The van der Waals surface area contributed by atoms with E-state index in [2.05, 4.69) is 13.8 Å². The Kier molecular flexibility index (Phi) is 3.93. The highest BCUT2D eigenvalue weighted by atomic mass is 16.4. The molecule has 1 aliphatic heterocycles. The van der Waals surface area contributed by atoms with E-state index in [1.807, 2.05) is 4.90 Å². The molecule has 0 bridgehead atoms. The molecule has 0 radical (unpaired) electrons. The molecule has 0 aromatic rings. The number of carboxylic acids is 1. The number of carbonyl (C=O) groups is 2. The second kappa shape index (κ2) is 5.29. The molecule has 18 heavy (non-hydrogen) atoms. The van der Waals surface area contributed by atoms with Gasteiger partial charge in [0, 0.05) is 12.6 Å². The van der Waals surface area contributed by atoms with E-state index in [0.29, 0.717) is 12.3 Å². The van der Waals surface area contributed by atoms with E-state index in [9.17, 15) is 14.7 Å². The van der Waals surface area contributed by atoms with E-state index in [1.165, 1.54) is 0 Å². The van der Waals surface area contributed by atoms with Crippen molar-refractivity contribution in [3.8, 4) is 0 Å². The predicted molar refractivity (Wildman–Crippen MR) is 68.0 cm³/mol. The molecule has 1 amide bonds. The third-order valence-corrected chi connectivity index (χ3v) is 4.47. The fraction of sp³-hybridized carbons (Fsp3) is 0.857. The summed E-state index contributed by atoms with van der Waals surface area (Å²) in [6, 6.07) is 0.267. The molecule has 0 aromatic heterocycles. The Morgan fingerprint density at radius 1 is 1.11 bits per heavy atom. The van der Waals surface area contributed by atoms with Crippen LogP contribution in [0, 0.1) is 17.8 Å². The van der Waals surface area contributed by atoms with E-state index in [4.69, 9.17) is 0 Å². The van der Waals surface area contributed by atoms with E-state index >= 15 is 0 Å². The van der Waals surface area contributed by atoms with Crippen LogP contribution in [0.15, 0.2) is 0 Å². The Balaban J connectivity index is 2.09. The lowest BCUT2D eigenvalue weighted by molar-refractivity contribution is -0.152. The second-order valence-electron chi connectivity index (χ2n) is 6.02. The van der Waals surface area contributed by atoms with Gasteiger partial charge in [-0.1, -0.05) is 19.8 Å². The van der Waals surface area contributed by atoms with Gasteiger partial charge in [-0.3, -0.25) is 9.59 Å². The molecule has 0 spiro atoms. The van der Waals surface area contributed by atoms with Crippen molar-refractivity contribution in [3.63, 3.8) is 0 Å². The second-order valence-corrected chi connectivity index (χ2v) is 6.02. The standard InChI is InChI=1S/C14H23NO3/c1-9-7-10(2)15(8-9)13(16)11-5-3-4-6-12(11)14(17)18/h9-12H,3-8H2,1-2H3,(H,17,18). The number of hydrogen-bond acceptors (Lipinski definition) is 2. The lowest BCUT2D eigenvalue weighted by Crippen LogP contribution is -2.44. The van der Waals surface area contributed by atoms with Crippen LogP contribution < -0.4 is 0 Å². The van der Waals surface area contributed by atoms with Gasteiger partial charge in [-0.25, -0.2) is 0 Å². The van der Waals surface area contributed by atoms with Gasteiger partial charge in [-0.05, 0) is 32.1 Å². The van der Waals surface area contributed by atoms with Crippen molar-refractivity contribution in [1.82, 2.24) is 4.90 Å². The first-order chi connectivity index (χ1) is 8.50. The highest BCUT2D eigenvalue weighted by molar-refractivity contribution is 5.85. The predicted octanol–water partition coefficient (Wildman–Crippen LogP) is 2.13. The fourth-order valence-corrected chi connectivity index (χ4v) is 3.54. The molecule has 4 unspecified atom stereocenters. The summed E-state index contributed by atoms with van der Waals surface area (Å²) in [5.74, 6) is -0.930. The van der Waals surface area contributed by atoms with Crippen LogP contribution in [0.5, 0.6) is 0 Å². The molecule has 2 rings (SSSR count). The molecule has 0 aromatic carbocycles. The maximum absolute atomic E-state index is 12.5. The molecule has 4 heteroatoms. The maximum Gasteiger partial charge on any atom is 0.307 e. The Hall–Kier alpha value is -1.06. The van der Waals surface area contributed by atoms with Crippen molar-refractivity contribution in [2.24, 2.45) is 17.8 Å². The number of hydrogen-bond donors (Lipinski definition) is 1. The molecule has 102 valence electrons. The van der Waals surface area contributed by atoms with Crippen LogP contribution in [0.2, 0.25) is 0 Å². The lowest BCUT2D eigenvalue weighted by atomic mass is 9.78. The summed E-state index contributed by atoms with van der Waals surface area (Å²) >= 11 is 0. The molecule has 1 aliphatic carbocycles. The van der Waals surface area contributed by atoms with Gasteiger partial charge < -0.3 is 10.0 Å². The first kappa shape index (κ1) is 13.4. The number of carbonyl (C=O) groups excluding carboxylic acids is 1. The quantitative estimate of drug-likeness (QED) is 0.820. The van der Waals surface area contributed by atoms with Gasteiger partial charge in [-0.2, -0.15) is 0 Å². The molecule has 1 N–H and O–H groups in total. The van der Waals surface area contributed by atoms with E-state index in [-0.39, 0.29) is 17.9 Å². The van der Waals surface area contributed by atoms with Crippen molar-refractivity contribution in [2.45, 2.75) is 52.0 Å². The van der Waals surface area contributed by atoms with Crippen LogP contribution in [0.4, 0.5) is 0 Å². The smallest absolute Gasteiger partial charge is 0.307 e. The van der Waals surface area contributed by atoms with Gasteiger partial charge in [0.2, 0.25) is 5.91 Å². The van der Waals surface area contributed by atoms with E-state index < -0.39 is 11.9 Å². The Morgan fingerprint density at radius 3 is 2.22 bits per heavy atom. The van der Waals surface area contributed by atoms with Crippen molar-refractivity contribution >= 4 is 11.9 Å². The number of carboxylic acid groups (broad SMARTS) is 1. The zero-order chi connectivity index (χ0) is 13.3. The number of rotatable bonds is 2. The first-order valence-corrected chi connectivity index (χ1v) is 7.04. The summed E-state index contributed by atoms with van der Waals surface area (Å²) in [7, 11) is 0. The SMILES string of the molecule is CC1CC(C)N(C(=O)C2CCCCC2C(=O)O)C1. The largest absolute Gasteiger partial charge is 0.481 e. The summed E-state index contributed by atoms with van der Waals surface area (Å²) in [6.07, 6.45) is 4.36. The average Bonchev–Trinajstić information content (AvgIpc) is 2.67. The van der Waals surface area contributed by atoms with Crippen molar-refractivity contribution in [3.05, 3.63) is 0 Å². The molecule has 4 nitrogen and oxygen atoms in total. The van der Waals surface area contributed by atoms with Gasteiger partial charge in [0.25, 0.3) is 0 Å². The van der Waals surface area contributed by atoms with Gasteiger partial charge in [0.1, 0.15) is 0 Å². The minimum Gasteiger partial charge on any atom is -0.481 e. The molecule has 2 aliphatic rings. The van der Waals surface area contributed by atoms with Crippen LogP contribution in [0.25, 0.3) is 0 Å². The minimum absolute atomic E-state index is 0.0824. The number of nitrogens with zero attached hydrogens (tertiary/aromatic N) is 1. The summed E-state index contributed by atoms with van der Waals surface area (Å²) < 4.78 is 0. The van der Waals surface area contributed by atoms with Crippen LogP contribution in [0.3, 0.4) is 0 Å².